The van der Waals surface area contributed by atoms with Crippen LogP contribution in [0.2, 0.25) is 18.1 Å². The maximum Gasteiger partial charge on any atom is 0.192 e. The van der Waals surface area contributed by atoms with Crippen molar-refractivity contribution in [3.05, 3.63) is 35.9 Å². The Morgan fingerprint density at radius 1 is 1.00 bits per heavy atom. The molecule has 0 radical (unpaired) electrons. The van der Waals surface area contributed by atoms with Crippen molar-refractivity contribution in [2.24, 2.45) is 5.92 Å². The number of hydrogen-bond donors (Lipinski definition) is 0. The molecule has 0 aliphatic rings. The van der Waals surface area contributed by atoms with E-state index in [1.165, 1.54) is 5.56 Å². The van der Waals surface area contributed by atoms with Gasteiger partial charge in [-0.3, -0.25) is 0 Å². The van der Waals surface area contributed by atoms with E-state index in [1.807, 2.05) is 18.2 Å². The lowest BCUT2D eigenvalue weighted by molar-refractivity contribution is -0.0162. The van der Waals surface area contributed by atoms with Gasteiger partial charge >= 0.3 is 0 Å². The van der Waals surface area contributed by atoms with E-state index in [2.05, 4.69) is 66.8 Å². The van der Waals surface area contributed by atoms with Crippen molar-refractivity contribution in [2.75, 3.05) is 6.61 Å². The van der Waals surface area contributed by atoms with Crippen molar-refractivity contribution in [1.29, 1.82) is 0 Å². The quantitative estimate of drug-likeness (QED) is 0.605. The summed E-state index contributed by atoms with van der Waals surface area (Å²) in [6.07, 6.45) is 0. The van der Waals surface area contributed by atoms with Gasteiger partial charge in [-0.1, -0.05) is 58.0 Å². The second-order valence-electron chi connectivity index (χ2n) is 8.37. The molecule has 0 spiro atoms. The van der Waals surface area contributed by atoms with Gasteiger partial charge in [-0.15, -0.1) is 0 Å². The third-order valence-electron chi connectivity index (χ3n) is 4.99. The van der Waals surface area contributed by atoms with Crippen LogP contribution in [0.3, 0.4) is 0 Å². The highest BCUT2D eigenvalue weighted by Crippen LogP contribution is 2.40. The highest BCUT2D eigenvalue weighted by atomic mass is 28.4. The highest BCUT2D eigenvalue weighted by molar-refractivity contribution is 6.74. The van der Waals surface area contributed by atoms with Gasteiger partial charge in [0.05, 0.1) is 18.8 Å². The largest absolute Gasteiger partial charge is 0.412 e. The minimum absolute atomic E-state index is 0.167. The smallest absolute Gasteiger partial charge is 0.192 e. The molecule has 1 unspecified atom stereocenters. The Kier molecular flexibility index (Phi) is 6.43. The van der Waals surface area contributed by atoms with Crippen molar-refractivity contribution in [3.8, 4) is 0 Å². The molecule has 1 atom stereocenters. The Hall–Kier alpha value is -0.643. The van der Waals surface area contributed by atoms with Crippen molar-refractivity contribution >= 4 is 8.32 Å². The zero-order valence-corrected chi connectivity index (χ0v) is 16.7. The lowest BCUT2D eigenvalue weighted by Crippen LogP contribution is -2.50. The molecule has 0 aromatic heterocycles. The normalized spacial score (nSPS) is 14.9. The summed E-state index contributed by atoms with van der Waals surface area (Å²) < 4.78 is 12.5. The van der Waals surface area contributed by atoms with Gasteiger partial charge in [-0.2, -0.15) is 0 Å². The van der Waals surface area contributed by atoms with Crippen LogP contribution in [0.4, 0.5) is 0 Å². The van der Waals surface area contributed by atoms with Crippen LogP contribution < -0.4 is 0 Å². The summed E-state index contributed by atoms with van der Waals surface area (Å²) in [6, 6.07) is 10.3. The van der Waals surface area contributed by atoms with E-state index in [0.29, 0.717) is 12.5 Å². The van der Waals surface area contributed by atoms with Crippen LogP contribution in [0, 0.1) is 5.92 Å². The molecule has 1 aromatic carbocycles. The van der Waals surface area contributed by atoms with Crippen LogP contribution in [-0.4, -0.2) is 20.5 Å². The molecule has 0 saturated heterocycles. The molecule has 0 aliphatic carbocycles. The monoisotopic (exact) mass is 322 g/mol. The van der Waals surface area contributed by atoms with E-state index in [9.17, 15) is 0 Å². The summed E-state index contributed by atoms with van der Waals surface area (Å²) in [6.45, 7) is 19.5. The van der Waals surface area contributed by atoms with Gasteiger partial charge in [0.15, 0.2) is 8.32 Å². The topological polar surface area (TPSA) is 18.5 Å². The van der Waals surface area contributed by atoms with Crippen LogP contribution in [0.5, 0.6) is 0 Å². The minimum atomic E-state index is -1.76. The van der Waals surface area contributed by atoms with Gasteiger partial charge in [0, 0.05) is 5.92 Å². The summed E-state index contributed by atoms with van der Waals surface area (Å²) in [5.41, 5.74) is 1.05. The van der Waals surface area contributed by atoms with Gasteiger partial charge in [-0.25, -0.2) is 0 Å². The first kappa shape index (κ1) is 19.4. The lowest BCUT2D eigenvalue weighted by atomic mass is 9.94. The predicted octanol–water partition coefficient (Wildman–Crippen LogP) is 5.64. The molecular weight excluding hydrogens is 288 g/mol. The molecule has 0 bridgehead atoms. The molecule has 22 heavy (non-hydrogen) atoms. The Balaban J connectivity index is 2.54. The molecule has 1 aromatic rings. The molecule has 0 saturated carbocycles. The summed E-state index contributed by atoms with van der Waals surface area (Å²) in [4.78, 5) is 0. The second-order valence-corrected chi connectivity index (χ2v) is 13.1. The summed E-state index contributed by atoms with van der Waals surface area (Å²) in [7, 11) is -1.76. The predicted molar refractivity (Wildman–Crippen MR) is 97.6 cm³/mol. The first-order valence-corrected chi connectivity index (χ1v) is 11.2. The maximum absolute atomic E-state index is 6.61. The first-order valence-electron chi connectivity index (χ1n) is 8.27. The van der Waals surface area contributed by atoms with E-state index in [1.54, 1.807) is 0 Å². The molecule has 0 amide bonds. The Bertz CT molecular complexity index is 446. The number of rotatable bonds is 7. The zero-order chi connectivity index (χ0) is 17.0. The first-order chi connectivity index (χ1) is 9.96. The minimum Gasteiger partial charge on any atom is -0.412 e. The van der Waals surface area contributed by atoms with E-state index in [-0.39, 0.29) is 10.6 Å². The van der Waals surface area contributed by atoms with Crippen LogP contribution in [0.1, 0.15) is 47.1 Å². The Morgan fingerprint density at radius 2 is 1.55 bits per heavy atom. The Morgan fingerprint density at radius 3 is 2.05 bits per heavy atom. The van der Waals surface area contributed by atoms with Gasteiger partial charge in [0.25, 0.3) is 0 Å². The molecule has 0 aliphatic heterocycles. The van der Waals surface area contributed by atoms with Crippen molar-refractivity contribution in [1.82, 2.24) is 0 Å². The van der Waals surface area contributed by atoms with Crippen molar-refractivity contribution in [2.45, 2.75) is 71.9 Å². The molecule has 126 valence electrons. The van der Waals surface area contributed by atoms with Crippen LogP contribution >= 0.6 is 0 Å². The third-order valence-corrected chi connectivity index (χ3v) is 9.64. The second kappa shape index (κ2) is 7.29. The Labute approximate surface area is 138 Å². The molecule has 1 rings (SSSR count). The molecule has 2 nitrogen and oxygen atoms in total. The van der Waals surface area contributed by atoms with Gasteiger partial charge in [0.2, 0.25) is 0 Å². The van der Waals surface area contributed by atoms with Gasteiger partial charge < -0.3 is 9.16 Å². The third kappa shape index (κ3) is 5.53. The average molecular weight is 323 g/mol. The van der Waals surface area contributed by atoms with Gasteiger partial charge in [0.1, 0.15) is 0 Å². The number of ether oxygens (including phenoxy) is 1. The zero-order valence-electron chi connectivity index (χ0n) is 15.7. The van der Waals surface area contributed by atoms with Crippen molar-refractivity contribution in [3.63, 3.8) is 0 Å². The average Bonchev–Trinajstić information content (AvgIpc) is 2.37. The SMILES string of the molecule is CC(COCc1ccccc1)C(C)(C)O[Si](C)(C)C(C)(C)C. The van der Waals surface area contributed by atoms with E-state index in [0.717, 1.165) is 6.61 Å². The van der Waals surface area contributed by atoms with Crippen LogP contribution in [0.25, 0.3) is 0 Å². The van der Waals surface area contributed by atoms with E-state index >= 15 is 0 Å². The fourth-order valence-corrected chi connectivity index (χ4v) is 3.86. The summed E-state index contributed by atoms with van der Waals surface area (Å²) >= 11 is 0. The molecular formula is C19H34O2Si. The number of hydrogen-bond acceptors (Lipinski definition) is 2. The fourth-order valence-electron chi connectivity index (χ4n) is 2.04. The fraction of sp³-hybridized carbons (Fsp3) is 0.684. The summed E-state index contributed by atoms with van der Waals surface area (Å²) in [5.74, 6) is 0.352. The standard InChI is InChI=1S/C19H34O2Si/c1-16(14-20-15-17-12-10-9-11-13-17)19(5,6)21-22(7,8)18(2,3)4/h9-13,16H,14-15H2,1-8H3. The molecule has 0 fully saturated rings. The number of benzene rings is 1. The summed E-state index contributed by atoms with van der Waals surface area (Å²) in [5, 5.41) is 0.231. The maximum atomic E-state index is 6.61. The molecule has 0 N–H and O–H groups in total. The van der Waals surface area contributed by atoms with Crippen LogP contribution in [-0.2, 0) is 15.8 Å². The van der Waals surface area contributed by atoms with Crippen LogP contribution in [0.15, 0.2) is 30.3 Å². The lowest BCUT2D eigenvalue weighted by Gasteiger charge is -2.45. The van der Waals surface area contributed by atoms with Crippen molar-refractivity contribution < 1.29 is 9.16 Å². The van der Waals surface area contributed by atoms with E-state index < -0.39 is 8.32 Å². The van der Waals surface area contributed by atoms with E-state index in [4.69, 9.17) is 9.16 Å². The highest BCUT2D eigenvalue weighted by Gasteiger charge is 2.43. The molecule has 3 heteroatoms. The molecule has 0 heterocycles. The van der Waals surface area contributed by atoms with Gasteiger partial charge in [-0.05, 0) is 37.5 Å².